The molecule has 1 N–H and O–H groups in total. The molecule has 1 aromatic heterocycles. The molecule has 2 atom stereocenters. The molecule has 4 heterocycles. The van der Waals surface area contributed by atoms with E-state index in [4.69, 9.17) is 0 Å². The predicted molar refractivity (Wildman–Crippen MR) is 57.4 cm³/mol. The number of halogens is 1. The van der Waals surface area contributed by atoms with Gasteiger partial charge in [0.15, 0.2) is 5.13 Å². The zero-order valence-corrected chi connectivity index (χ0v) is 9.44. The lowest BCUT2D eigenvalue weighted by atomic mass is 9.92. The first kappa shape index (κ1) is 8.20. The minimum absolute atomic E-state index is 0.710. The van der Waals surface area contributed by atoms with Crippen molar-refractivity contribution in [3.63, 3.8) is 0 Å². The van der Waals surface area contributed by atoms with E-state index in [1.807, 2.05) is 6.20 Å². The van der Waals surface area contributed by atoms with E-state index in [2.05, 4.69) is 31.1 Å². The molecule has 1 aromatic rings. The number of fused-ring (bicyclic) bond motifs is 2. The largest absolute Gasteiger partial charge is 0.345 e. The highest BCUT2D eigenvalue weighted by molar-refractivity contribution is 9.11. The zero-order chi connectivity index (χ0) is 8.84. The van der Waals surface area contributed by atoms with Gasteiger partial charge in [-0.1, -0.05) is 11.3 Å². The number of nitrogens with zero attached hydrogens (tertiary/aromatic N) is 2. The summed E-state index contributed by atoms with van der Waals surface area (Å²) in [6.07, 6.45) is 3.23. The number of thiazole rings is 1. The highest BCUT2D eigenvalue weighted by atomic mass is 79.9. The number of aromatic nitrogens is 1. The Balaban J connectivity index is 1.79. The van der Waals surface area contributed by atoms with Crippen molar-refractivity contribution in [2.24, 2.45) is 0 Å². The number of piperidine rings is 1. The SMILES string of the molecule is Brc1cnc(N2CC3CC(C2)N3)s1. The van der Waals surface area contributed by atoms with Gasteiger partial charge in [-0.3, -0.25) is 0 Å². The van der Waals surface area contributed by atoms with E-state index >= 15 is 0 Å². The molecule has 70 valence electrons. The fourth-order valence-corrected chi connectivity index (χ4v) is 3.26. The van der Waals surface area contributed by atoms with Gasteiger partial charge in [-0.2, -0.15) is 0 Å². The molecular formula is C8H10BrN3S. The van der Waals surface area contributed by atoms with Crippen LogP contribution in [0.15, 0.2) is 9.98 Å². The number of piperazine rings is 1. The average Bonchev–Trinajstić information content (AvgIpc) is 2.51. The van der Waals surface area contributed by atoms with Crippen LogP contribution in [0.5, 0.6) is 0 Å². The van der Waals surface area contributed by atoms with Crippen LogP contribution in [-0.4, -0.2) is 30.2 Å². The van der Waals surface area contributed by atoms with E-state index < -0.39 is 0 Å². The summed E-state index contributed by atoms with van der Waals surface area (Å²) in [7, 11) is 0. The van der Waals surface area contributed by atoms with Crippen LogP contribution >= 0.6 is 27.3 Å². The summed E-state index contributed by atoms with van der Waals surface area (Å²) in [6, 6.07) is 1.42. The Hall–Kier alpha value is -0.130. The van der Waals surface area contributed by atoms with Gasteiger partial charge in [0, 0.05) is 25.2 Å². The van der Waals surface area contributed by atoms with Gasteiger partial charge in [0.2, 0.25) is 0 Å². The average molecular weight is 260 g/mol. The molecular weight excluding hydrogens is 250 g/mol. The minimum Gasteiger partial charge on any atom is -0.345 e. The Bertz CT molecular complexity index is 311. The smallest absolute Gasteiger partial charge is 0.186 e. The summed E-state index contributed by atoms with van der Waals surface area (Å²) in [6.45, 7) is 2.24. The summed E-state index contributed by atoms with van der Waals surface area (Å²) in [5.74, 6) is 0. The number of hydrogen-bond donors (Lipinski definition) is 1. The monoisotopic (exact) mass is 259 g/mol. The van der Waals surface area contributed by atoms with Crippen molar-refractivity contribution in [2.75, 3.05) is 18.0 Å². The number of hydrogen-bond acceptors (Lipinski definition) is 4. The third kappa shape index (κ3) is 1.39. The van der Waals surface area contributed by atoms with Crippen LogP contribution in [0.3, 0.4) is 0 Å². The van der Waals surface area contributed by atoms with Gasteiger partial charge in [-0.15, -0.1) is 0 Å². The van der Waals surface area contributed by atoms with Crippen LogP contribution in [-0.2, 0) is 0 Å². The second-order valence-corrected chi connectivity index (χ2v) is 6.04. The molecule has 5 heteroatoms. The van der Waals surface area contributed by atoms with Gasteiger partial charge in [-0.05, 0) is 22.4 Å². The lowest BCUT2D eigenvalue weighted by Crippen LogP contribution is -2.67. The van der Waals surface area contributed by atoms with E-state index in [1.54, 1.807) is 11.3 Å². The van der Waals surface area contributed by atoms with Crippen molar-refractivity contribution in [1.29, 1.82) is 0 Å². The first-order chi connectivity index (χ1) is 6.31. The highest BCUT2D eigenvalue weighted by Crippen LogP contribution is 2.31. The Kier molecular flexibility index (Phi) is 1.85. The molecule has 0 radical (unpaired) electrons. The Morgan fingerprint density at radius 1 is 1.54 bits per heavy atom. The van der Waals surface area contributed by atoms with Crippen molar-refractivity contribution in [1.82, 2.24) is 10.3 Å². The highest BCUT2D eigenvalue weighted by Gasteiger charge is 2.37. The number of rotatable bonds is 1. The lowest BCUT2D eigenvalue weighted by molar-refractivity contribution is 0.226. The van der Waals surface area contributed by atoms with Gasteiger partial charge in [0.05, 0.1) is 9.98 Å². The summed E-state index contributed by atoms with van der Waals surface area (Å²) >= 11 is 5.16. The molecule has 3 aliphatic rings. The van der Waals surface area contributed by atoms with Gasteiger partial charge < -0.3 is 10.2 Å². The standard InChI is InChI=1S/C8H10BrN3S/c9-7-2-10-8(13-7)12-3-5-1-6(4-12)11-5/h2,5-6,11H,1,3-4H2. The van der Waals surface area contributed by atoms with Crippen LogP contribution in [0.4, 0.5) is 5.13 Å². The van der Waals surface area contributed by atoms with E-state index in [-0.39, 0.29) is 0 Å². The van der Waals surface area contributed by atoms with Crippen molar-refractivity contribution in [2.45, 2.75) is 18.5 Å². The van der Waals surface area contributed by atoms with Gasteiger partial charge in [-0.25, -0.2) is 4.98 Å². The van der Waals surface area contributed by atoms with Crippen molar-refractivity contribution < 1.29 is 0 Å². The molecule has 0 amide bonds. The second-order valence-electron chi connectivity index (χ2n) is 3.65. The van der Waals surface area contributed by atoms with Crippen molar-refractivity contribution >= 4 is 32.4 Å². The minimum atomic E-state index is 0.710. The quantitative estimate of drug-likeness (QED) is 0.828. The molecule has 0 spiro atoms. The zero-order valence-electron chi connectivity index (χ0n) is 7.03. The third-order valence-corrected chi connectivity index (χ3v) is 4.19. The van der Waals surface area contributed by atoms with Crippen LogP contribution in [0.1, 0.15) is 6.42 Å². The predicted octanol–water partition coefficient (Wildman–Crippen LogP) is 1.46. The van der Waals surface area contributed by atoms with Crippen LogP contribution in [0.2, 0.25) is 0 Å². The Labute approximate surface area is 89.3 Å². The van der Waals surface area contributed by atoms with E-state index in [0.717, 1.165) is 22.0 Å². The molecule has 3 aliphatic heterocycles. The summed E-state index contributed by atoms with van der Waals surface area (Å²) < 4.78 is 1.12. The maximum atomic E-state index is 4.36. The normalized spacial score (nSPS) is 31.6. The molecule has 3 saturated heterocycles. The molecule has 4 rings (SSSR count). The lowest BCUT2D eigenvalue weighted by Gasteiger charge is -2.48. The summed E-state index contributed by atoms with van der Waals surface area (Å²) in [5, 5.41) is 4.66. The molecule has 0 aromatic carbocycles. The Morgan fingerprint density at radius 3 is 2.77 bits per heavy atom. The van der Waals surface area contributed by atoms with E-state index in [0.29, 0.717) is 12.1 Å². The topological polar surface area (TPSA) is 28.2 Å². The van der Waals surface area contributed by atoms with Crippen molar-refractivity contribution in [3.8, 4) is 0 Å². The molecule has 2 bridgehead atoms. The molecule has 0 saturated carbocycles. The summed E-state index contributed by atoms with van der Waals surface area (Å²) in [5.41, 5.74) is 0. The maximum absolute atomic E-state index is 4.36. The number of nitrogens with one attached hydrogen (secondary N) is 1. The molecule has 13 heavy (non-hydrogen) atoms. The van der Waals surface area contributed by atoms with E-state index in [1.165, 1.54) is 6.42 Å². The molecule has 3 nitrogen and oxygen atoms in total. The Morgan fingerprint density at radius 2 is 2.23 bits per heavy atom. The van der Waals surface area contributed by atoms with Gasteiger partial charge in [0.1, 0.15) is 0 Å². The van der Waals surface area contributed by atoms with E-state index in [9.17, 15) is 0 Å². The molecule has 0 aliphatic carbocycles. The molecule has 3 fully saturated rings. The fraction of sp³-hybridized carbons (Fsp3) is 0.625. The van der Waals surface area contributed by atoms with Crippen LogP contribution in [0, 0.1) is 0 Å². The van der Waals surface area contributed by atoms with Gasteiger partial charge in [0.25, 0.3) is 0 Å². The number of anilines is 1. The van der Waals surface area contributed by atoms with Gasteiger partial charge >= 0.3 is 0 Å². The van der Waals surface area contributed by atoms with Crippen LogP contribution in [0.25, 0.3) is 0 Å². The first-order valence-electron chi connectivity index (χ1n) is 4.43. The summed E-state index contributed by atoms with van der Waals surface area (Å²) in [4.78, 5) is 6.74. The third-order valence-electron chi connectivity index (χ3n) is 2.66. The van der Waals surface area contributed by atoms with Crippen molar-refractivity contribution in [3.05, 3.63) is 9.98 Å². The van der Waals surface area contributed by atoms with Crippen LogP contribution < -0.4 is 10.2 Å². The fourth-order valence-electron chi connectivity index (χ4n) is 2.06. The second kappa shape index (κ2) is 2.93. The maximum Gasteiger partial charge on any atom is 0.186 e. The molecule has 2 unspecified atom stereocenters. The first-order valence-corrected chi connectivity index (χ1v) is 6.04.